The van der Waals surface area contributed by atoms with Gasteiger partial charge in [0.1, 0.15) is 18.2 Å². The normalized spacial score (nSPS) is 14.7. The highest BCUT2D eigenvalue weighted by atomic mass is 79.9. The van der Waals surface area contributed by atoms with Crippen LogP contribution in [-0.2, 0) is 23.8 Å². The minimum absolute atomic E-state index is 0.0398. The first-order valence-corrected chi connectivity index (χ1v) is 7.47. The van der Waals surface area contributed by atoms with Crippen molar-refractivity contribution in [2.24, 2.45) is 0 Å². The number of hydrogen-bond acceptors (Lipinski definition) is 6. The molecular weight excluding hydrogens is 397 g/mol. The van der Waals surface area contributed by atoms with Crippen LogP contribution in [0.15, 0.2) is 27.9 Å². The zero-order valence-corrected chi connectivity index (χ0v) is 14.5. The third kappa shape index (κ3) is 3.49. The van der Waals surface area contributed by atoms with Crippen molar-refractivity contribution in [1.82, 2.24) is 0 Å². The van der Waals surface area contributed by atoms with E-state index in [4.69, 9.17) is 21.1 Å². The number of methoxy groups -OCH3 is 2. The van der Waals surface area contributed by atoms with Crippen molar-refractivity contribution in [3.05, 3.63) is 38.7 Å². The summed E-state index contributed by atoms with van der Waals surface area (Å²) in [6, 6.07) is 2.30. The molecule has 1 aromatic rings. The molecule has 124 valence electrons. The zero-order valence-electron chi connectivity index (χ0n) is 12.2. The molecule has 1 aliphatic heterocycles. The van der Waals surface area contributed by atoms with Gasteiger partial charge < -0.3 is 19.1 Å². The maximum absolute atomic E-state index is 13.7. The molecule has 0 fully saturated rings. The van der Waals surface area contributed by atoms with Gasteiger partial charge in [0, 0.05) is 4.47 Å². The number of nitrogens with zero attached hydrogens (tertiary/aromatic N) is 1. The van der Waals surface area contributed by atoms with E-state index in [9.17, 15) is 14.0 Å². The maximum Gasteiger partial charge on any atom is 0.355 e. The molecule has 0 unspecified atom stereocenters. The lowest BCUT2D eigenvalue weighted by Crippen LogP contribution is -2.39. The van der Waals surface area contributed by atoms with Gasteiger partial charge in [-0.25, -0.2) is 14.0 Å². The van der Waals surface area contributed by atoms with Gasteiger partial charge in [0.05, 0.1) is 37.1 Å². The Balaban J connectivity index is 2.65. The quantitative estimate of drug-likeness (QED) is 0.566. The molecule has 0 spiro atoms. The van der Waals surface area contributed by atoms with Crippen molar-refractivity contribution in [3.63, 3.8) is 0 Å². The molecular formula is C14H12BrClFNO5. The lowest BCUT2D eigenvalue weighted by Gasteiger charge is -2.32. The fourth-order valence-corrected chi connectivity index (χ4v) is 2.71. The largest absolute Gasteiger partial charge is 0.466 e. The van der Waals surface area contributed by atoms with Gasteiger partial charge >= 0.3 is 11.9 Å². The lowest BCUT2D eigenvalue weighted by molar-refractivity contribution is -0.140. The van der Waals surface area contributed by atoms with Gasteiger partial charge in [-0.2, -0.15) is 0 Å². The molecule has 1 aliphatic rings. The number of benzene rings is 1. The fraction of sp³-hybridized carbons (Fsp3) is 0.286. The minimum atomic E-state index is -0.787. The van der Waals surface area contributed by atoms with Gasteiger partial charge in [0.2, 0.25) is 0 Å². The monoisotopic (exact) mass is 407 g/mol. The smallest absolute Gasteiger partial charge is 0.355 e. The number of carbonyl (C=O) groups is 2. The Kier molecular flexibility index (Phi) is 5.61. The minimum Gasteiger partial charge on any atom is -0.466 e. The van der Waals surface area contributed by atoms with Crippen LogP contribution in [0.2, 0.25) is 5.02 Å². The Morgan fingerprint density at radius 2 is 1.96 bits per heavy atom. The van der Waals surface area contributed by atoms with Crippen molar-refractivity contribution in [3.8, 4) is 0 Å². The first-order valence-electron chi connectivity index (χ1n) is 6.30. The van der Waals surface area contributed by atoms with Crippen LogP contribution in [0, 0.1) is 5.82 Å². The molecule has 0 atom stereocenters. The van der Waals surface area contributed by atoms with E-state index in [1.165, 1.54) is 25.2 Å². The third-order valence-corrected chi connectivity index (χ3v) is 4.35. The Morgan fingerprint density at radius 1 is 1.30 bits per heavy atom. The second-order valence-corrected chi connectivity index (χ2v) is 5.67. The fourth-order valence-electron chi connectivity index (χ4n) is 2.07. The second-order valence-electron chi connectivity index (χ2n) is 4.44. The topological polar surface area (TPSA) is 65.1 Å². The van der Waals surface area contributed by atoms with E-state index < -0.39 is 17.8 Å². The number of rotatable bonds is 3. The number of halogens is 3. The summed E-state index contributed by atoms with van der Waals surface area (Å²) in [6.45, 7) is -0.248. The Labute approximate surface area is 144 Å². The molecule has 1 aromatic carbocycles. The van der Waals surface area contributed by atoms with Crippen LogP contribution >= 0.6 is 27.5 Å². The summed E-state index contributed by atoms with van der Waals surface area (Å²) >= 11 is 9.30. The third-order valence-electron chi connectivity index (χ3n) is 3.10. The maximum atomic E-state index is 13.7. The average Bonchev–Trinajstić information content (AvgIpc) is 2.55. The molecule has 0 bridgehead atoms. The van der Waals surface area contributed by atoms with Crippen LogP contribution in [0.1, 0.15) is 0 Å². The van der Waals surface area contributed by atoms with Gasteiger partial charge in [-0.1, -0.05) is 11.6 Å². The van der Waals surface area contributed by atoms with Crippen molar-refractivity contribution in [2.45, 2.75) is 0 Å². The summed E-state index contributed by atoms with van der Waals surface area (Å²) in [5.41, 5.74) is 0.00657. The first kappa shape index (κ1) is 17.7. The van der Waals surface area contributed by atoms with Gasteiger partial charge in [0.25, 0.3) is 0 Å². The standard InChI is InChI=1S/C14H12BrClFNO5/c1-21-13(19)8-5-23-6-18(12(8)14(20)22-2)10-4-7(17)3-9(15)11(10)16/h3-4H,5-6H2,1-2H3. The molecule has 0 amide bonds. The summed E-state index contributed by atoms with van der Waals surface area (Å²) in [7, 11) is 2.34. The number of ether oxygens (including phenoxy) is 3. The molecule has 0 saturated carbocycles. The SMILES string of the molecule is COC(=O)C1=C(C(=O)OC)N(c2cc(F)cc(Br)c2Cl)COC1. The molecule has 0 saturated heterocycles. The van der Waals surface area contributed by atoms with Crippen LogP contribution in [0.4, 0.5) is 10.1 Å². The predicted molar refractivity (Wildman–Crippen MR) is 83.5 cm³/mol. The molecule has 0 N–H and O–H groups in total. The van der Waals surface area contributed by atoms with Crippen LogP contribution in [0.25, 0.3) is 0 Å². The molecule has 6 nitrogen and oxygen atoms in total. The molecule has 0 radical (unpaired) electrons. The van der Waals surface area contributed by atoms with Crippen LogP contribution in [0.3, 0.4) is 0 Å². The lowest BCUT2D eigenvalue weighted by atomic mass is 10.1. The number of carbonyl (C=O) groups excluding carboxylic acids is 2. The highest BCUT2D eigenvalue weighted by molar-refractivity contribution is 9.10. The summed E-state index contributed by atoms with van der Waals surface area (Å²) in [4.78, 5) is 25.3. The van der Waals surface area contributed by atoms with E-state index >= 15 is 0 Å². The van der Waals surface area contributed by atoms with Crippen molar-refractivity contribution in [2.75, 3.05) is 32.5 Å². The number of hydrogen-bond donors (Lipinski definition) is 0. The first-order chi connectivity index (χ1) is 10.9. The number of anilines is 1. The molecule has 23 heavy (non-hydrogen) atoms. The van der Waals surface area contributed by atoms with Gasteiger partial charge in [-0.3, -0.25) is 0 Å². The predicted octanol–water partition coefficient (Wildman–Crippen LogP) is 2.64. The molecule has 0 aliphatic carbocycles. The average molecular weight is 409 g/mol. The van der Waals surface area contributed by atoms with Gasteiger partial charge in [-0.05, 0) is 28.1 Å². The molecule has 2 rings (SSSR count). The van der Waals surface area contributed by atoms with Crippen LogP contribution < -0.4 is 4.90 Å². The van der Waals surface area contributed by atoms with Crippen molar-refractivity contribution in [1.29, 1.82) is 0 Å². The summed E-state index contributed by atoms with van der Waals surface area (Å²) in [6.07, 6.45) is 0. The van der Waals surface area contributed by atoms with Crippen LogP contribution in [0.5, 0.6) is 0 Å². The Hall–Kier alpha value is -1.64. The van der Waals surface area contributed by atoms with Gasteiger partial charge in [0.15, 0.2) is 0 Å². The van der Waals surface area contributed by atoms with E-state index in [2.05, 4.69) is 20.7 Å². The van der Waals surface area contributed by atoms with E-state index in [1.54, 1.807) is 0 Å². The second kappa shape index (κ2) is 7.29. The Morgan fingerprint density at radius 3 is 2.57 bits per heavy atom. The molecule has 9 heteroatoms. The Bertz CT molecular complexity index is 694. The van der Waals surface area contributed by atoms with E-state index in [1.807, 2.05) is 0 Å². The van der Waals surface area contributed by atoms with Crippen molar-refractivity contribution < 1.29 is 28.2 Å². The van der Waals surface area contributed by atoms with E-state index in [-0.39, 0.29) is 35.3 Å². The highest BCUT2D eigenvalue weighted by Crippen LogP contribution is 2.37. The molecule has 1 heterocycles. The summed E-state index contributed by atoms with van der Waals surface area (Å²) in [5.74, 6) is -2.11. The van der Waals surface area contributed by atoms with Crippen molar-refractivity contribution >= 4 is 45.2 Å². The summed E-state index contributed by atoms with van der Waals surface area (Å²) < 4.78 is 28.7. The highest BCUT2D eigenvalue weighted by Gasteiger charge is 2.33. The summed E-state index contributed by atoms with van der Waals surface area (Å²) in [5, 5.41) is 0.155. The molecule has 0 aromatic heterocycles. The number of esters is 2. The van der Waals surface area contributed by atoms with E-state index in [0.29, 0.717) is 4.47 Å². The zero-order chi connectivity index (χ0) is 17.1. The van der Waals surface area contributed by atoms with Crippen LogP contribution in [-0.4, -0.2) is 39.5 Å². The van der Waals surface area contributed by atoms with Gasteiger partial charge in [-0.15, -0.1) is 0 Å². The van der Waals surface area contributed by atoms with E-state index in [0.717, 1.165) is 6.07 Å².